The maximum atomic E-state index is 13.9. The van der Waals surface area contributed by atoms with E-state index in [1.54, 1.807) is 6.07 Å². The van der Waals surface area contributed by atoms with Gasteiger partial charge in [-0.3, -0.25) is 4.90 Å². The zero-order valence-electron chi connectivity index (χ0n) is 12.3. The SMILES string of the molecule is CC(CN)(Cc1ccccc1F)N1CCn2ccnc2C1. The lowest BCUT2D eigenvalue weighted by atomic mass is 9.90. The van der Waals surface area contributed by atoms with Crippen molar-refractivity contribution < 1.29 is 4.39 Å². The molecule has 0 bridgehead atoms. The van der Waals surface area contributed by atoms with Gasteiger partial charge in [-0.05, 0) is 25.0 Å². The summed E-state index contributed by atoms with van der Waals surface area (Å²) in [6, 6.07) is 6.94. The molecule has 1 aliphatic heterocycles. The number of aromatic nitrogens is 2. The number of nitrogens with zero attached hydrogens (tertiary/aromatic N) is 3. The third-order valence-corrected chi connectivity index (χ3v) is 4.48. The Morgan fingerprint density at radius 2 is 2.14 bits per heavy atom. The van der Waals surface area contributed by atoms with Crippen molar-refractivity contribution in [1.82, 2.24) is 14.5 Å². The molecule has 0 spiro atoms. The number of halogens is 1. The third-order valence-electron chi connectivity index (χ3n) is 4.48. The van der Waals surface area contributed by atoms with Gasteiger partial charge in [-0.15, -0.1) is 0 Å². The molecule has 112 valence electrons. The first-order valence-electron chi connectivity index (χ1n) is 7.31. The first-order chi connectivity index (χ1) is 10.1. The fourth-order valence-corrected chi connectivity index (χ4v) is 3.00. The monoisotopic (exact) mass is 288 g/mol. The van der Waals surface area contributed by atoms with Crippen molar-refractivity contribution in [2.24, 2.45) is 5.73 Å². The molecule has 1 aliphatic rings. The smallest absolute Gasteiger partial charge is 0.126 e. The first-order valence-corrected chi connectivity index (χ1v) is 7.31. The maximum Gasteiger partial charge on any atom is 0.126 e. The normalized spacial score (nSPS) is 18.2. The summed E-state index contributed by atoms with van der Waals surface area (Å²) in [4.78, 5) is 6.71. The van der Waals surface area contributed by atoms with E-state index in [9.17, 15) is 4.39 Å². The van der Waals surface area contributed by atoms with Gasteiger partial charge < -0.3 is 10.3 Å². The van der Waals surface area contributed by atoms with Gasteiger partial charge in [-0.2, -0.15) is 0 Å². The van der Waals surface area contributed by atoms with Crippen LogP contribution < -0.4 is 5.73 Å². The molecule has 5 heteroatoms. The molecule has 0 saturated carbocycles. The molecule has 0 amide bonds. The van der Waals surface area contributed by atoms with E-state index in [0.29, 0.717) is 13.0 Å². The Labute approximate surface area is 124 Å². The molecular formula is C16H21FN4. The van der Waals surface area contributed by atoms with Crippen LogP contribution in [0.3, 0.4) is 0 Å². The van der Waals surface area contributed by atoms with E-state index >= 15 is 0 Å². The third kappa shape index (κ3) is 2.71. The Hall–Kier alpha value is -1.72. The van der Waals surface area contributed by atoms with E-state index in [1.165, 1.54) is 6.07 Å². The number of benzene rings is 1. The van der Waals surface area contributed by atoms with Gasteiger partial charge in [0.25, 0.3) is 0 Å². The average Bonchev–Trinajstić information content (AvgIpc) is 2.97. The molecule has 1 aromatic heterocycles. The van der Waals surface area contributed by atoms with E-state index in [4.69, 9.17) is 5.73 Å². The molecular weight excluding hydrogens is 267 g/mol. The van der Waals surface area contributed by atoms with Crippen molar-refractivity contribution in [2.45, 2.75) is 32.0 Å². The summed E-state index contributed by atoms with van der Waals surface area (Å²) in [5.74, 6) is 0.894. The molecule has 2 N–H and O–H groups in total. The highest BCUT2D eigenvalue weighted by Crippen LogP contribution is 2.25. The minimum Gasteiger partial charge on any atom is -0.333 e. The van der Waals surface area contributed by atoms with Crippen molar-refractivity contribution in [1.29, 1.82) is 0 Å². The van der Waals surface area contributed by atoms with Crippen LogP contribution in [0.2, 0.25) is 0 Å². The Kier molecular flexibility index (Phi) is 3.78. The number of hydrogen-bond acceptors (Lipinski definition) is 3. The molecule has 3 rings (SSSR count). The molecule has 2 aromatic rings. The highest BCUT2D eigenvalue weighted by atomic mass is 19.1. The number of hydrogen-bond donors (Lipinski definition) is 1. The van der Waals surface area contributed by atoms with Crippen molar-refractivity contribution in [3.8, 4) is 0 Å². The van der Waals surface area contributed by atoms with E-state index in [1.807, 2.05) is 24.5 Å². The van der Waals surface area contributed by atoms with Crippen LogP contribution in [-0.2, 0) is 19.5 Å². The molecule has 0 aliphatic carbocycles. The van der Waals surface area contributed by atoms with Gasteiger partial charge in [0.05, 0.1) is 6.54 Å². The number of imidazole rings is 1. The summed E-state index contributed by atoms with van der Waals surface area (Å²) in [5.41, 5.74) is 6.50. The molecule has 0 radical (unpaired) electrons. The van der Waals surface area contributed by atoms with Gasteiger partial charge in [0.15, 0.2) is 0 Å². The van der Waals surface area contributed by atoms with E-state index in [-0.39, 0.29) is 11.4 Å². The molecule has 0 fully saturated rings. The Morgan fingerprint density at radius 3 is 2.90 bits per heavy atom. The van der Waals surface area contributed by atoms with Gasteiger partial charge in [-0.25, -0.2) is 9.37 Å². The van der Waals surface area contributed by atoms with Crippen LogP contribution in [-0.4, -0.2) is 33.1 Å². The standard InChI is InChI=1S/C16H21FN4/c1-16(12-18,10-13-4-2-3-5-14(13)17)21-9-8-20-7-6-19-15(20)11-21/h2-7H,8-12,18H2,1H3. The quantitative estimate of drug-likeness (QED) is 0.933. The van der Waals surface area contributed by atoms with E-state index in [2.05, 4.69) is 21.4 Å². The molecule has 4 nitrogen and oxygen atoms in total. The largest absolute Gasteiger partial charge is 0.333 e. The Morgan fingerprint density at radius 1 is 1.33 bits per heavy atom. The summed E-state index contributed by atoms with van der Waals surface area (Å²) in [5, 5.41) is 0. The summed E-state index contributed by atoms with van der Waals surface area (Å²) < 4.78 is 16.1. The van der Waals surface area contributed by atoms with E-state index in [0.717, 1.165) is 31.0 Å². The van der Waals surface area contributed by atoms with E-state index < -0.39 is 0 Å². The zero-order valence-corrected chi connectivity index (χ0v) is 12.3. The Balaban J connectivity index is 1.82. The summed E-state index contributed by atoms with van der Waals surface area (Å²) in [6.45, 7) is 5.17. The van der Waals surface area contributed by atoms with Crippen molar-refractivity contribution >= 4 is 0 Å². The van der Waals surface area contributed by atoms with Gasteiger partial charge in [0.2, 0.25) is 0 Å². The van der Waals surface area contributed by atoms with Gasteiger partial charge >= 0.3 is 0 Å². The first kappa shape index (κ1) is 14.2. The highest BCUT2D eigenvalue weighted by Gasteiger charge is 2.34. The number of nitrogens with two attached hydrogens (primary N) is 1. The van der Waals surface area contributed by atoms with Crippen LogP contribution in [0.1, 0.15) is 18.3 Å². The second-order valence-corrected chi connectivity index (χ2v) is 5.93. The van der Waals surface area contributed by atoms with Gasteiger partial charge in [0.1, 0.15) is 11.6 Å². The molecule has 1 atom stereocenters. The number of fused-ring (bicyclic) bond motifs is 1. The average molecular weight is 288 g/mol. The van der Waals surface area contributed by atoms with Crippen LogP contribution in [0.5, 0.6) is 0 Å². The fraction of sp³-hybridized carbons (Fsp3) is 0.438. The maximum absolute atomic E-state index is 13.9. The van der Waals surface area contributed by atoms with Crippen LogP contribution in [0, 0.1) is 5.82 Å². The lowest BCUT2D eigenvalue weighted by molar-refractivity contribution is 0.0766. The number of rotatable bonds is 4. The molecule has 1 aromatic carbocycles. The lowest BCUT2D eigenvalue weighted by Crippen LogP contribution is -2.55. The zero-order chi connectivity index (χ0) is 14.9. The minimum absolute atomic E-state index is 0.157. The second kappa shape index (κ2) is 5.58. The van der Waals surface area contributed by atoms with Crippen LogP contribution >= 0.6 is 0 Å². The summed E-state index contributed by atoms with van der Waals surface area (Å²) in [7, 11) is 0. The van der Waals surface area contributed by atoms with Crippen LogP contribution in [0.4, 0.5) is 4.39 Å². The minimum atomic E-state index is -0.264. The molecule has 1 unspecified atom stereocenters. The van der Waals surface area contributed by atoms with Gasteiger partial charge in [0, 0.05) is 37.6 Å². The van der Waals surface area contributed by atoms with Crippen molar-refractivity contribution in [3.05, 3.63) is 53.9 Å². The lowest BCUT2D eigenvalue weighted by Gasteiger charge is -2.43. The summed E-state index contributed by atoms with van der Waals surface area (Å²) >= 11 is 0. The Bertz CT molecular complexity index is 624. The van der Waals surface area contributed by atoms with Crippen LogP contribution in [0.25, 0.3) is 0 Å². The molecule has 2 heterocycles. The van der Waals surface area contributed by atoms with Gasteiger partial charge in [-0.1, -0.05) is 18.2 Å². The molecule has 21 heavy (non-hydrogen) atoms. The summed E-state index contributed by atoms with van der Waals surface area (Å²) in [6.07, 6.45) is 4.44. The highest BCUT2D eigenvalue weighted by molar-refractivity contribution is 5.20. The van der Waals surface area contributed by atoms with Crippen molar-refractivity contribution in [2.75, 3.05) is 13.1 Å². The molecule has 0 saturated heterocycles. The second-order valence-electron chi connectivity index (χ2n) is 5.93. The predicted molar refractivity (Wildman–Crippen MR) is 80.2 cm³/mol. The van der Waals surface area contributed by atoms with Crippen LogP contribution in [0.15, 0.2) is 36.7 Å². The van der Waals surface area contributed by atoms with Crippen molar-refractivity contribution in [3.63, 3.8) is 0 Å². The topological polar surface area (TPSA) is 47.1 Å². The fourth-order valence-electron chi connectivity index (χ4n) is 3.00. The predicted octanol–water partition coefficient (Wildman–Crippen LogP) is 1.80.